The molecule has 0 saturated carbocycles. The van der Waals surface area contributed by atoms with Crippen molar-refractivity contribution in [2.24, 2.45) is 0 Å². The molecule has 10 heteroatoms. The summed E-state index contributed by atoms with van der Waals surface area (Å²) in [6.07, 6.45) is -5.76. The molecule has 0 aliphatic carbocycles. The number of rotatable bonds is 5. The van der Waals surface area contributed by atoms with Crippen molar-refractivity contribution in [1.29, 1.82) is 0 Å². The Bertz CT molecular complexity index is 979. The molecule has 0 spiro atoms. The molecule has 1 saturated heterocycles. The Balaban J connectivity index is 2.08. The zero-order valence-corrected chi connectivity index (χ0v) is 17.4. The van der Waals surface area contributed by atoms with E-state index in [0.29, 0.717) is 17.7 Å². The van der Waals surface area contributed by atoms with E-state index in [9.17, 15) is 30.7 Å². The molecule has 2 aromatic carbocycles. The number of morpholine rings is 1. The van der Waals surface area contributed by atoms with Crippen LogP contribution in [0.4, 0.5) is 30.7 Å². The Morgan fingerprint density at radius 1 is 1.06 bits per heavy atom. The number of nitrogens with zero attached hydrogens (tertiary/aromatic N) is 1. The van der Waals surface area contributed by atoms with E-state index < -0.39 is 41.1 Å². The molecule has 178 valence electrons. The maximum Gasteiger partial charge on any atom is 0.416 e. The fourth-order valence-electron chi connectivity index (χ4n) is 3.70. The van der Waals surface area contributed by atoms with Crippen LogP contribution in [0.15, 0.2) is 42.5 Å². The predicted molar refractivity (Wildman–Crippen MR) is 105 cm³/mol. The molecular weight excluding hydrogens is 455 g/mol. The summed E-state index contributed by atoms with van der Waals surface area (Å²) < 4.78 is 105. The van der Waals surface area contributed by atoms with Crippen molar-refractivity contribution in [2.75, 3.05) is 26.3 Å². The van der Waals surface area contributed by atoms with Crippen molar-refractivity contribution in [3.05, 3.63) is 70.5 Å². The molecule has 2 aromatic rings. The smallest absolute Gasteiger partial charge is 0.375 e. The van der Waals surface area contributed by atoms with E-state index in [1.807, 2.05) is 0 Å². The first kappa shape index (κ1) is 25.0. The van der Waals surface area contributed by atoms with E-state index in [-0.39, 0.29) is 37.9 Å². The highest BCUT2D eigenvalue weighted by Gasteiger charge is 2.44. The largest absolute Gasteiger partial charge is 0.416 e. The van der Waals surface area contributed by atoms with Crippen molar-refractivity contribution >= 4 is 0 Å². The van der Waals surface area contributed by atoms with Gasteiger partial charge in [-0.05, 0) is 42.8 Å². The number of ether oxygens (including phenoxy) is 2. The third kappa shape index (κ3) is 5.49. The van der Waals surface area contributed by atoms with Gasteiger partial charge in [-0.25, -0.2) is 4.39 Å². The second-order valence-electron chi connectivity index (χ2n) is 7.57. The van der Waals surface area contributed by atoms with E-state index in [1.54, 1.807) is 4.90 Å². The molecule has 0 aromatic heterocycles. The molecule has 0 bridgehead atoms. The van der Waals surface area contributed by atoms with Gasteiger partial charge in [-0.15, -0.1) is 6.42 Å². The summed E-state index contributed by atoms with van der Waals surface area (Å²) in [5, 5.41) is 0. The summed E-state index contributed by atoms with van der Waals surface area (Å²) in [5.74, 6) is 1.93. The first-order valence-corrected chi connectivity index (χ1v) is 9.86. The fourth-order valence-corrected chi connectivity index (χ4v) is 3.70. The Morgan fingerprint density at radius 2 is 1.64 bits per heavy atom. The highest BCUT2D eigenvalue weighted by Crippen LogP contribution is 2.41. The molecule has 3 nitrogen and oxygen atoms in total. The minimum Gasteiger partial charge on any atom is -0.375 e. The number of terminal acetylenes is 1. The minimum atomic E-state index is -4.99. The van der Waals surface area contributed by atoms with E-state index >= 15 is 0 Å². The molecule has 0 N–H and O–H groups in total. The van der Waals surface area contributed by atoms with Crippen molar-refractivity contribution < 1.29 is 40.2 Å². The third-order valence-corrected chi connectivity index (χ3v) is 5.34. The second kappa shape index (κ2) is 9.33. The Labute approximate surface area is 186 Å². The number of hydrogen-bond donors (Lipinski definition) is 0. The van der Waals surface area contributed by atoms with Crippen LogP contribution in [0.1, 0.15) is 35.3 Å². The first-order chi connectivity index (χ1) is 15.4. The highest BCUT2D eigenvalue weighted by molar-refractivity contribution is 5.35. The molecule has 33 heavy (non-hydrogen) atoms. The van der Waals surface area contributed by atoms with Gasteiger partial charge in [-0.3, -0.25) is 4.90 Å². The average molecular weight is 475 g/mol. The molecule has 0 radical (unpaired) electrons. The second-order valence-corrected chi connectivity index (χ2v) is 7.57. The average Bonchev–Trinajstić information content (AvgIpc) is 2.74. The predicted octanol–water partition coefficient (Wildman–Crippen LogP) is 5.76. The summed E-state index contributed by atoms with van der Waals surface area (Å²) in [6.45, 7) is 1.85. The number of alkyl halides is 6. The van der Waals surface area contributed by atoms with Crippen LogP contribution in [0.3, 0.4) is 0 Å². The first-order valence-electron chi connectivity index (χ1n) is 9.86. The van der Waals surface area contributed by atoms with E-state index in [4.69, 9.17) is 15.9 Å². The van der Waals surface area contributed by atoms with Crippen molar-refractivity contribution in [1.82, 2.24) is 4.90 Å². The molecule has 0 amide bonds. The Kier molecular flexibility index (Phi) is 7.07. The highest BCUT2D eigenvalue weighted by atomic mass is 19.4. The summed E-state index contributed by atoms with van der Waals surface area (Å²) in [6, 6.07) is 6.45. The van der Waals surface area contributed by atoms with Crippen LogP contribution in [0.2, 0.25) is 0 Å². The molecule has 2 atom stereocenters. The summed E-state index contributed by atoms with van der Waals surface area (Å²) in [4.78, 5) is 1.68. The van der Waals surface area contributed by atoms with Crippen LogP contribution in [0.25, 0.3) is 0 Å². The van der Waals surface area contributed by atoms with Crippen molar-refractivity contribution in [3.8, 4) is 12.3 Å². The quantitative estimate of drug-likeness (QED) is 0.406. The molecular formula is C23H20F7NO2. The molecule has 1 heterocycles. The van der Waals surface area contributed by atoms with Crippen LogP contribution in [0, 0.1) is 18.2 Å². The lowest BCUT2D eigenvalue weighted by molar-refractivity contribution is -0.245. The van der Waals surface area contributed by atoms with Crippen LogP contribution >= 0.6 is 0 Å². The Morgan fingerprint density at radius 3 is 2.15 bits per heavy atom. The van der Waals surface area contributed by atoms with Gasteiger partial charge in [0.25, 0.3) is 0 Å². The van der Waals surface area contributed by atoms with Gasteiger partial charge in [0, 0.05) is 12.1 Å². The molecule has 0 unspecified atom stereocenters. The van der Waals surface area contributed by atoms with Crippen LogP contribution < -0.4 is 0 Å². The fraction of sp³-hybridized carbons (Fsp3) is 0.391. The minimum absolute atomic E-state index is 0.0559. The van der Waals surface area contributed by atoms with Gasteiger partial charge >= 0.3 is 12.4 Å². The van der Waals surface area contributed by atoms with Gasteiger partial charge < -0.3 is 9.47 Å². The number of halogens is 7. The van der Waals surface area contributed by atoms with Gasteiger partial charge in [0.1, 0.15) is 5.82 Å². The number of benzene rings is 2. The molecule has 3 rings (SSSR count). The zero-order valence-electron chi connectivity index (χ0n) is 17.4. The SMILES string of the molecule is C#CCN1CCOC[C@@]1(O[C@H](C)c1cc(C(F)(F)F)cc(C(F)(F)F)c1)c1ccc(F)cc1. The Hall–Kier alpha value is -2.61. The maximum absolute atomic E-state index is 13.5. The third-order valence-electron chi connectivity index (χ3n) is 5.34. The normalized spacial score (nSPS) is 20.9. The lowest BCUT2D eigenvalue weighted by Crippen LogP contribution is -2.56. The standard InChI is InChI=1S/C23H20F7NO2/c1-3-8-31-9-10-32-14-21(31,17-4-6-20(24)7-5-17)33-15(2)16-11-18(22(25,26)27)13-19(12-16)23(28,29)30/h1,4-7,11-13,15H,8-10,14H2,2H3/t15-,21-/m1/s1. The van der Waals surface area contributed by atoms with Gasteiger partial charge in [0.05, 0.1) is 37.0 Å². The van der Waals surface area contributed by atoms with E-state index in [1.165, 1.54) is 31.2 Å². The lowest BCUT2D eigenvalue weighted by atomic mass is 9.97. The summed E-state index contributed by atoms with van der Waals surface area (Å²) in [5.41, 5.74) is -4.28. The van der Waals surface area contributed by atoms with E-state index in [2.05, 4.69) is 5.92 Å². The molecule has 1 aliphatic heterocycles. The van der Waals surface area contributed by atoms with Crippen LogP contribution in [-0.2, 0) is 27.6 Å². The summed E-state index contributed by atoms with van der Waals surface area (Å²) in [7, 11) is 0. The van der Waals surface area contributed by atoms with E-state index in [0.717, 1.165) is 0 Å². The lowest BCUT2D eigenvalue weighted by Gasteiger charge is -2.47. The number of hydrogen-bond acceptors (Lipinski definition) is 3. The van der Waals surface area contributed by atoms with Gasteiger partial charge in [0.15, 0.2) is 5.72 Å². The molecule has 1 fully saturated rings. The van der Waals surface area contributed by atoms with Gasteiger partial charge in [-0.1, -0.05) is 18.1 Å². The summed E-state index contributed by atoms with van der Waals surface area (Å²) >= 11 is 0. The van der Waals surface area contributed by atoms with Gasteiger partial charge in [0.2, 0.25) is 0 Å². The van der Waals surface area contributed by atoms with Crippen LogP contribution in [-0.4, -0.2) is 31.2 Å². The van der Waals surface area contributed by atoms with Crippen molar-refractivity contribution in [3.63, 3.8) is 0 Å². The van der Waals surface area contributed by atoms with Crippen LogP contribution in [0.5, 0.6) is 0 Å². The monoisotopic (exact) mass is 475 g/mol. The molecule has 1 aliphatic rings. The van der Waals surface area contributed by atoms with Gasteiger partial charge in [-0.2, -0.15) is 26.3 Å². The zero-order chi connectivity index (χ0) is 24.4. The van der Waals surface area contributed by atoms with Crippen molar-refractivity contribution in [2.45, 2.75) is 31.1 Å². The topological polar surface area (TPSA) is 21.7 Å². The maximum atomic E-state index is 13.5.